The first-order chi connectivity index (χ1) is 10.9. The van der Waals surface area contributed by atoms with Crippen LogP contribution in [-0.4, -0.2) is 21.1 Å². The topological polar surface area (TPSA) is 55.4 Å². The van der Waals surface area contributed by atoms with Crippen molar-refractivity contribution < 1.29 is 13.2 Å². The third kappa shape index (κ3) is 2.83. The van der Waals surface area contributed by atoms with Gasteiger partial charge in [-0.3, -0.25) is 0 Å². The van der Waals surface area contributed by atoms with Crippen LogP contribution in [0.3, 0.4) is 0 Å². The Morgan fingerprint density at radius 3 is 2.17 bits per heavy atom. The predicted molar refractivity (Wildman–Crippen MR) is 91.9 cm³/mol. The van der Waals surface area contributed by atoms with E-state index in [1.165, 1.54) is 19.3 Å². The van der Waals surface area contributed by atoms with E-state index in [9.17, 15) is 8.42 Å². The van der Waals surface area contributed by atoms with Crippen LogP contribution in [0, 0.1) is 17.8 Å². The highest BCUT2D eigenvalue weighted by molar-refractivity contribution is 9.10. The van der Waals surface area contributed by atoms with Crippen LogP contribution in [0.5, 0.6) is 5.75 Å². The van der Waals surface area contributed by atoms with Gasteiger partial charge in [0.15, 0.2) is 0 Å². The van der Waals surface area contributed by atoms with Crippen LogP contribution in [-0.2, 0) is 10.0 Å². The van der Waals surface area contributed by atoms with E-state index in [0.29, 0.717) is 32.9 Å². The Morgan fingerprint density at radius 1 is 1.13 bits per heavy atom. The van der Waals surface area contributed by atoms with Crippen LogP contribution in [0.2, 0.25) is 0 Å². The molecule has 1 aromatic rings. The molecule has 0 aromatic heterocycles. The molecular formula is C17H22BrNO3S. The molecule has 1 aromatic carbocycles. The van der Waals surface area contributed by atoms with Crippen LogP contribution >= 0.6 is 15.9 Å². The van der Waals surface area contributed by atoms with Gasteiger partial charge < -0.3 is 4.74 Å². The van der Waals surface area contributed by atoms with Crippen LogP contribution in [0.15, 0.2) is 27.6 Å². The smallest absolute Gasteiger partial charge is 0.241 e. The van der Waals surface area contributed by atoms with Crippen molar-refractivity contribution in [1.82, 2.24) is 4.72 Å². The molecule has 0 radical (unpaired) electrons. The normalized spacial score (nSPS) is 35.5. The highest BCUT2D eigenvalue weighted by atomic mass is 79.9. The Kier molecular flexibility index (Phi) is 3.78. The summed E-state index contributed by atoms with van der Waals surface area (Å²) in [5.41, 5.74) is -0.208. The molecule has 0 heterocycles. The van der Waals surface area contributed by atoms with E-state index >= 15 is 0 Å². The van der Waals surface area contributed by atoms with E-state index in [2.05, 4.69) is 20.7 Å². The summed E-state index contributed by atoms with van der Waals surface area (Å²) in [6, 6.07) is 4.94. The van der Waals surface area contributed by atoms with E-state index in [4.69, 9.17) is 4.74 Å². The second kappa shape index (κ2) is 5.46. The van der Waals surface area contributed by atoms with Crippen molar-refractivity contribution in [3.8, 4) is 5.75 Å². The van der Waals surface area contributed by atoms with Gasteiger partial charge in [-0.15, -0.1) is 0 Å². The molecule has 0 saturated heterocycles. The van der Waals surface area contributed by atoms with Crippen LogP contribution in [0.4, 0.5) is 0 Å². The lowest BCUT2D eigenvalue weighted by atomic mass is 9.53. The Morgan fingerprint density at radius 2 is 1.70 bits per heavy atom. The summed E-state index contributed by atoms with van der Waals surface area (Å²) >= 11 is 3.38. The quantitative estimate of drug-likeness (QED) is 0.839. The van der Waals surface area contributed by atoms with Gasteiger partial charge in [0.1, 0.15) is 5.75 Å². The van der Waals surface area contributed by atoms with Gasteiger partial charge in [-0.2, -0.15) is 0 Å². The molecule has 0 spiro atoms. The minimum Gasteiger partial charge on any atom is -0.496 e. The number of rotatable bonds is 4. The van der Waals surface area contributed by atoms with Gasteiger partial charge in [-0.05, 0) is 90.4 Å². The van der Waals surface area contributed by atoms with Crippen LogP contribution < -0.4 is 9.46 Å². The number of ether oxygens (including phenoxy) is 1. The number of benzene rings is 1. The first-order valence-electron chi connectivity index (χ1n) is 8.27. The van der Waals surface area contributed by atoms with Crippen LogP contribution in [0.1, 0.15) is 38.5 Å². The number of sulfonamides is 1. The van der Waals surface area contributed by atoms with Crippen molar-refractivity contribution in [2.24, 2.45) is 17.8 Å². The van der Waals surface area contributed by atoms with Crippen molar-refractivity contribution in [3.63, 3.8) is 0 Å². The standard InChI is InChI=1S/C17H22BrNO3S/c1-22-16-3-2-14(7-15(16)18)23(20,21)19-17-8-11-4-12(9-17)6-13(5-11)10-17/h2-3,7,11-13,19H,4-6,8-10H2,1H3. The van der Waals surface area contributed by atoms with Gasteiger partial charge in [0, 0.05) is 5.54 Å². The Labute approximate surface area is 146 Å². The molecular weight excluding hydrogens is 378 g/mol. The maximum atomic E-state index is 12.9. The fraction of sp³-hybridized carbons (Fsp3) is 0.647. The molecule has 4 fully saturated rings. The zero-order valence-electron chi connectivity index (χ0n) is 13.2. The van der Waals surface area contributed by atoms with Gasteiger partial charge in [0.25, 0.3) is 0 Å². The lowest BCUT2D eigenvalue weighted by molar-refractivity contribution is -0.00810. The van der Waals surface area contributed by atoms with Crippen molar-refractivity contribution in [2.45, 2.75) is 49.0 Å². The summed E-state index contributed by atoms with van der Waals surface area (Å²) in [5, 5.41) is 0. The molecule has 5 rings (SSSR count). The molecule has 0 aliphatic heterocycles. The fourth-order valence-electron chi connectivity index (χ4n) is 5.39. The minimum absolute atomic E-state index is 0.208. The van der Waals surface area contributed by atoms with Gasteiger partial charge in [-0.1, -0.05) is 0 Å². The number of nitrogens with one attached hydrogen (secondary N) is 1. The maximum absolute atomic E-state index is 12.9. The summed E-state index contributed by atoms with van der Waals surface area (Å²) in [5.74, 6) is 2.78. The van der Waals surface area contributed by atoms with Gasteiger partial charge >= 0.3 is 0 Å². The van der Waals surface area contributed by atoms with E-state index < -0.39 is 10.0 Å². The molecule has 4 nitrogen and oxygen atoms in total. The lowest BCUT2D eigenvalue weighted by Gasteiger charge is -2.56. The molecule has 4 bridgehead atoms. The third-order valence-electron chi connectivity index (χ3n) is 5.82. The molecule has 23 heavy (non-hydrogen) atoms. The molecule has 0 atom stereocenters. The van der Waals surface area contributed by atoms with E-state index in [1.807, 2.05) is 0 Å². The molecule has 126 valence electrons. The summed E-state index contributed by atoms with van der Waals surface area (Å²) < 4.78 is 34.7. The van der Waals surface area contributed by atoms with Crippen molar-refractivity contribution in [2.75, 3.05) is 7.11 Å². The zero-order chi connectivity index (χ0) is 16.2. The number of hydrogen-bond acceptors (Lipinski definition) is 3. The Hall–Kier alpha value is -0.590. The molecule has 4 saturated carbocycles. The maximum Gasteiger partial charge on any atom is 0.241 e. The van der Waals surface area contributed by atoms with Gasteiger partial charge in [0.2, 0.25) is 10.0 Å². The molecule has 4 aliphatic carbocycles. The average Bonchev–Trinajstić information content (AvgIpc) is 2.44. The zero-order valence-corrected chi connectivity index (χ0v) is 15.6. The highest BCUT2D eigenvalue weighted by Gasteiger charge is 2.52. The highest BCUT2D eigenvalue weighted by Crippen LogP contribution is 2.56. The Bertz CT molecular complexity index is 696. The number of methoxy groups -OCH3 is 1. The van der Waals surface area contributed by atoms with Gasteiger partial charge in [-0.25, -0.2) is 13.1 Å². The first-order valence-corrected chi connectivity index (χ1v) is 10.5. The third-order valence-corrected chi connectivity index (χ3v) is 8.02. The molecule has 4 aliphatic rings. The monoisotopic (exact) mass is 399 g/mol. The largest absolute Gasteiger partial charge is 0.496 e. The number of halogens is 1. The predicted octanol–water partition coefficient (Wildman–Crippen LogP) is 3.70. The summed E-state index contributed by atoms with van der Waals surface area (Å²) in [4.78, 5) is 0.306. The minimum atomic E-state index is -3.51. The SMILES string of the molecule is COc1ccc(S(=O)(=O)NC23CC4CC(CC(C4)C2)C3)cc1Br. The van der Waals surface area contributed by atoms with E-state index in [-0.39, 0.29) is 5.54 Å². The summed E-state index contributed by atoms with van der Waals surface area (Å²) in [6.45, 7) is 0. The number of hydrogen-bond donors (Lipinski definition) is 1. The Balaban J connectivity index is 1.61. The lowest BCUT2D eigenvalue weighted by Crippen LogP contribution is -2.59. The van der Waals surface area contributed by atoms with Gasteiger partial charge in [0.05, 0.1) is 16.5 Å². The second-order valence-corrected chi connectivity index (χ2v) is 10.1. The van der Waals surface area contributed by atoms with Crippen LogP contribution in [0.25, 0.3) is 0 Å². The van der Waals surface area contributed by atoms with Crippen molar-refractivity contribution >= 4 is 26.0 Å². The van der Waals surface area contributed by atoms with E-state index in [1.54, 1.807) is 25.3 Å². The second-order valence-electron chi connectivity index (χ2n) is 7.60. The van der Waals surface area contributed by atoms with Crippen molar-refractivity contribution in [1.29, 1.82) is 0 Å². The van der Waals surface area contributed by atoms with Crippen molar-refractivity contribution in [3.05, 3.63) is 22.7 Å². The first kappa shape index (κ1) is 15.9. The summed E-state index contributed by atoms with van der Waals surface area (Å²) in [7, 11) is -1.93. The molecule has 0 unspecified atom stereocenters. The van der Waals surface area contributed by atoms with E-state index in [0.717, 1.165) is 19.3 Å². The molecule has 1 N–H and O–H groups in total. The molecule has 0 amide bonds. The average molecular weight is 400 g/mol. The summed E-state index contributed by atoms with van der Waals surface area (Å²) in [6.07, 6.45) is 6.93. The fourth-order valence-corrected chi connectivity index (χ4v) is 7.54. The molecule has 6 heteroatoms.